The van der Waals surface area contributed by atoms with Gasteiger partial charge in [0, 0.05) is 26.3 Å². The summed E-state index contributed by atoms with van der Waals surface area (Å²) in [7, 11) is 1.35. The highest BCUT2D eigenvalue weighted by molar-refractivity contribution is 6.67. The van der Waals surface area contributed by atoms with Crippen LogP contribution in [0.25, 0.3) is 0 Å². The van der Waals surface area contributed by atoms with Crippen molar-refractivity contribution in [2.75, 3.05) is 14.2 Å². The molecule has 0 bridgehead atoms. The van der Waals surface area contributed by atoms with Crippen LogP contribution < -0.4 is 0 Å². The monoisotopic (exact) mass is 222 g/mol. The van der Waals surface area contributed by atoms with Gasteiger partial charge in [0.1, 0.15) is 0 Å². The minimum absolute atomic E-state index is 0.814. The molecular weight excluding hydrogens is 204 g/mol. The lowest BCUT2D eigenvalue weighted by Gasteiger charge is -2.26. The Hall–Kier alpha value is -0.903. The summed E-state index contributed by atoms with van der Waals surface area (Å²) in [4.78, 5) is 0. The second kappa shape index (κ2) is 5.85. The highest BCUT2D eigenvalue weighted by Crippen LogP contribution is 2.18. The summed E-state index contributed by atoms with van der Waals surface area (Å²) in [5, 5.41) is 0. The third-order valence-corrected chi connectivity index (χ3v) is 5.86. The lowest BCUT2D eigenvalue weighted by Crippen LogP contribution is -2.42. The standard InChI is InChI=1S/C12H18O2Si/c1-4-10-15(13-2,14-3)11-12-8-6-5-7-9-12/h4-9H,1,10-11H2,2-3H3. The van der Waals surface area contributed by atoms with E-state index in [9.17, 15) is 0 Å². The van der Waals surface area contributed by atoms with Gasteiger partial charge in [0.15, 0.2) is 0 Å². The van der Waals surface area contributed by atoms with Gasteiger partial charge in [-0.2, -0.15) is 0 Å². The van der Waals surface area contributed by atoms with Crippen LogP contribution in [0.4, 0.5) is 0 Å². The molecule has 0 saturated carbocycles. The van der Waals surface area contributed by atoms with Crippen molar-refractivity contribution in [1.82, 2.24) is 0 Å². The fourth-order valence-electron chi connectivity index (χ4n) is 1.59. The molecule has 0 saturated heterocycles. The average Bonchev–Trinajstić information content (AvgIpc) is 2.30. The molecule has 0 radical (unpaired) electrons. The summed E-state index contributed by atoms with van der Waals surface area (Å²) in [6.07, 6.45) is 1.88. The van der Waals surface area contributed by atoms with E-state index in [0.29, 0.717) is 0 Å². The highest BCUT2D eigenvalue weighted by atomic mass is 28.4. The van der Waals surface area contributed by atoms with Crippen molar-refractivity contribution >= 4 is 8.56 Å². The molecule has 0 atom stereocenters. The van der Waals surface area contributed by atoms with Crippen molar-refractivity contribution in [2.24, 2.45) is 0 Å². The molecule has 0 N–H and O–H groups in total. The predicted octanol–water partition coefficient (Wildman–Crippen LogP) is 2.69. The van der Waals surface area contributed by atoms with E-state index in [4.69, 9.17) is 8.85 Å². The second-order valence-corrected chi connectivity index (χ2v) is 6.87. The maximum Gasteiger partial charge on any atom is 0.345 e. The minimum atomic E-state index is -2.10. The van der Waals surface area contributed by atoms with Gasteiger partial charge in [-0.3, -0.25) is 0 Å². The number of hydrogen-bond acceptors (Lipinski definition) is 2. The van der Waals surface area contributed by atoms with Gasteiger partial charge in [-0.25, -0.2) is 0 Å². The molecule has 0 aliphatic heterocycles. The van der Waals surface area contributed by atoms with Crippen LogP contribution in [0.1, 0.15) is 5.56 Å². The SMILES string of the molecule is C=CC[Si](Cc1ccccc1)(OC)OC. The third-order valence-electron chi connectivity index (χ3n) is 2.52. The molecule has 0 aromatic heterocycles. The smallest absolute Gasteiger partial charge is 0.345 e. The quantitative estimate of drug-likeness (QED) is 0.544. The molecule has 1 aromatic carbocycles. The largest absolute Gasteiger partial charge is 0.397 e. The average molecular weight is 222 g/mol. The molecule has 2 nitrogen and oxygen atoms in total. The van der Waals surface area contributed by atoms with Gasteiger partial charge >= 0.3 is 8.56 Å². The van der Waals surface area contributed by atoms with Crippen LogP contribution >= 0.6 is 0 Å². The first kappa shape index (κ1) is 12.2. The summed E-state index contributed by atoms with van der Waals surface area (Å²) < 4.78 is 11.2. The number of benzene rings is 1. The summed E-state index contributed by atoms with van der Waals surface area (Å²) in [5.41, 5.74) is 1.26. The van der Waals surface area contributed by atoms with Crippen LogP contribution in [-0.4, -0.2) is 22.8 Å². The molecule has 15 heavy (non-hydrogen) atoms. The molecule has 0 heterocycles. The summed E-state index contributed by atoms with van der Waals surface area (Å²) in [6.45, 7) is 3.76. The van der Waals surface area contributed by atoms with Crippen molar-refractivity contribution in [3.8, 4) is 0 Å². The Labute approximate surface area is 92.8 Å². The molecule has 0 spiro atoms. The summed E-state index contributed by atoms with van der Waals surface area (Å²) >= 11 is 0. The van der Waals surface area contributed by atoms with Gasteiger partial charge in [-0.1, -0.05) is 36.4 Å². The first-order chi connectivity index (χ1) is 7.26. The maximum atomic E-state index is 5.58. The summed E-state index contributed by atoms with van der Waals surface area (Å²) in [5.74, 6) is 0. The second-order valence-electron chi connectivity index (χ2n) is 3.47. The first-order valence-corrected chi connectivity index (χ1v) is 7.24. The Morgan fingerprint density at radius 2 is 1.80 bits per heavy atom. The molecule has 0 aliphatic rings. The van der Waals surface area contributed by atoms with Gasteiger partial charge in [0.2, 0.25) is 0 Å². The van der Waals surface area contributed by atoms with Crippen LogP contribution in [0.3, 0.4) is 0 Å². The van der Waals surface area contributed by atoms with E-state index in [1.165, 1.54) is 5.56 Å². The van der Waals surface area contributed by atoms with Crippen LogP contribution in [0.15, 0.2) is 43.0 Å². The minimum Gasteiger partial charge on any atom is -0.397 e. The molecule has 0 amide bonds. The van der Waals surface area contributed by atoms with E-state index < -0.39 is 8.56 Å². The molecule has 0 unspecified atom stereocenters. The van der Waals surface area contributed by atoms with Crippen LogP contribution in [-0.2, 0) is 14.9 Å². The Kier molecular flexibility index (Phi) is 4.75. The highest BCUT2D eigenvalue weighted by Gasteiger charge is 2.34. The zero-order chi connectivity index (χ0) is 11.1. The van der Waals surface area contributed by atoms with Gasteiger partial charge < -0.3 is 8.85 Å². The van der Waals surface area contributed by atoms with Crippen molar-refractivity contribution in [2.45, 2.75) is 12.1 Å². The number of allylic oxidation sites excluding steroid dienone is 1. The summed E-state index contributed by atoms with van der Waals surface area (Å²) in [6, 6.07) is 12.0. The number of rotatable bonds is 6. The van der Waals surface area contributed by atoms with Crippen molar-refractivity contribution in [3.05, 3.63) is 48.6 Å². The fraction of sp³-hybridized carbons (Fsp3) is 0.333. The van der Waals surface area contributed by atoms with Crippen molar-refractivity contribution < 1.29 is 8.85 Å². The van der Waals surface area contributed by atoms with E-state index >= 15 is 0 Å². The first-order valence-electron chi connectivity index (χ1n) is 5.01. The predicted molar refractivity (Wildman–Crippen MR) is 64.9 cm³/mol. The van der Waals surface area contributed by atoms with E-state index in [2.05, 4.69) is 18.7 Å². The molecule has 82 valence electrons. The lowest BCUT2D eigenvalue weighted by molar-refractivity contribution is 0.244. The van der Waals surface area contributed by atoms with Crippen LogP contribution in [0, 0.1) is 0 Å². The zero-order valence-corrected chi connectivity index (χ0v) is 10.4. The van der Waals surface area contributed by atoms with Gasteiger partial charge in [-0.05, 0) is 5.56 Å². The fourth-order valence-corrected chi connectivity index (χ4v) is 3.82. The molecule has 3 heteroatoms. The molecular formula is C12H18O2Si. The third kappa shape index (κ3) is 3.30. The molecule has 1 aromatic rings. The van der Waals surface area contributed by atoms with Crippen LogP contribution in [0.2, 0.25) is 6.04 Å². The number of hydrogen-bond donors (Lipinski definition) is 0. The maximum absolute atomic E-state index is 5.58. The van der Waals surface area contributed by atoms with Gasteiger partial charge in [-0.15, -0.1) is 6.58 Å². The van der Waals surface area contributed by atoms with Crippen molar-refractivity contribution in [1.29, 1.82) is 0 Å². The Morgan fingerprint density at radius 1 is 1.20 bits per heavy atom. The Morgan fingerprint density at radius 3 is 2.27 bits per heavy atom. The van der Waals surface area contributed by atoms with E-state index in [0.717, 1.165) is 12.1 Å². The van der Waals surface area contributed by atoms with Gasteiger partial charge in [0.05, 0.1) is 0 Å². The van der Waals surface area contributed by atoms with E-state index in [1.54, 1.807) is 14.2 Å². The Balaban J connectivity index is 2.78. The van der Waals surface area contributed by atoms with Crippen molar-refractivity contribution in [3.63, 3.8) is 0 Å². The molecule has 1 rings (SSSR count). The van der Waals surface area contributed by atoms with Crippen LogP contribution in [0.5, 0.6) is 0 Å². The van der Waals surface area contributed by atoms with E-state index in [-0.39, 0.29) is 0 Å². The normalized spacial score (nSPS) is 11.3. The Bertz CT molecular complexity index is 294. The zero-order valence-electron chi connectivity index (χ0n) is 9.40. The van der Waals surface area contributed by atoms with Gasteiger partial charge in [0.25, 0.3) is 0 Å². The molecule has 0 fully saturated rings. The molecule has 0 aliphatic carbocycles. The van der Waals surface area contributed by atoms with E-state index in [1.807, 2.05) is 24.3 Å². The lowest BCUT2D eigenvalue weighted by atomic mass is 10.2. The topological polar surface area (TPSA) is 18.5 Å².